The first-order chi connectivity index (χ1) is 18.5. The van der Waals surface area contributed by atoms with E-state index in [-0.39, 0.29) is 23.4 Å². The minimum absolute atomic E-state index is 0.0166. The Morgan fingerprint density at radius 2 is 1.68 bits per heavy atom. The van der Waals surface area contributed by atoms with E-state index in [2.05, 4.69) is 12.2 Å². The summed E-state index contributed by atoms with van der Waals surface area (Å²) in [5.74, 6) is 0.229. The number of nitrogens with zero attached hydrogens (tertiary/aromatic N) is 1. The number of nitrogens with one attached hydrogen (secondary N) is 1. The van der Waals surface area contributed by atoms with Crippen molar-refractivity contribution in [3.8, 4) is 5.75 Å². The van der Waals surface area contributed by atoms with Gasteiger partial charge in [0.1, 0.15) is 11.6 Å². The lowest BCUT2D eigenvalue weighted by atomic mass is 9.78. The number of anilines is 2. The standard InChI is InChI=1S/C32H33FN2O3/c1-3-4-7-18-38-26-16-12-23(13-17-26)32-31-28(34-27-8-5-6-9-29(27)35(32)21(2)36)19-24(20-30(31)37)22-10-14-25(33)15-11-22/h5-6,8-17,24,32,34H,3-4,7,18-20H2,1-2H3. The van der Waals surface area contributed by atoms with Crippen LogP contribution in [0.5, 0.6) is 5.75 Å². The van der Waals surface area contributed by atoms with Crippen LogP contribution in [0.1, 0.15) is 69.0 Å². The van der Waals surface area contributed by atoms with E-state index < -0.39 is 6.04 Å². The molecule has 0 fully saturated rings. The van der Waals surface area contributed by atoms with E-state index in [4.69, 9.17) is 4.74 Å². The Balaban J connectivity index is 1.56. The number of benzene rings is 3. The zero-order valence-corrected chi connectivity index (χ0v) is 21.9. The van der Waals surface area contributed by atoms with Crippen LogP contribution in [0.4, 0.5) is 15.8 Å². The third kappa shape index (κ3) is 5.21. The van der Waals surface area contributed by atoms with Crippen molar-refractivity contribution in [2.75, 3.05) is 16.8 Å². The third-order valence-corrected chi connectivity index (χ3v) is 7.38. The molecule has 2 aliphatic rings. The predicted molar refractivity (Wildman–Crippen MR) is 148 cm³/mol. The van der Waals surface area contributed by atoms with Gasteiger partial charge in [0.25, 0.3) is 0 Å². The van der Waals surface area contributed by atoms with Crippen LogP contribution < -0.4 is 15.0 Å². The number of allylic oxidation sites excluding steroid dienone is 1. The van der Waals surface area contributed by atoms with E-state index in [0.29, 0.717) is 25.0 Å². The van der Waals surface area contributed by atoms with Gasteiger partial charge in [-0.2, -0.15) is 0 Å². The lowest BCUT2D eigenvalue weighted by Gasteiger charge is -2.34. The van der Waals surface area contributed by atoms with Crippen LogP contribution in [0.15, 0.2) is 84.1 Å². The van der Waals surface area contributed by atoms with Gasteiger partial charge in [0.05, 0.1) is 24.0 Å². The van der Waals surface area contributed by atoms with Gasteiger partial charge in [0.15, 0.2) is 5.78 Å². The normalized spacial score (nSPS) is 18.8. The topological polar surface area (TPSA) is 58.6 Å². The van der Waals surface area contributed by atoms with Gasteiger partial charge in [-0.1, -0.05) is 56.2 Å². The second-order valence-electron chi connectivity index (χ2n) is 10.0. The summed E-state index contributed by atoms with van der Waals surface area (Å²) in [5, 5.41) is 3.50. The van der Waals surface area contributed by atoms with Crippen LogP contribution in [0, 0.1) is 5.82 Å². The number of unbranched alkanes of at least 4 members (excludes halogenated alkanes) is 2. The SMILES string of the molecule is CCCCCOc1ccc(C2C3=C(CC(c4ccc(F)cc4)CC3=O)Nc3ccccc3N2C(C)=O)cc1. The fourth-order valence-corrected chi connectivity index (χ4v) is 5.51. The number of para-hydroxylation sites is 2. The van der Waals surface area contributed by atoms with E-state index in [1.54, 1.807) is 17.0 Å². The smallest absolute Gasteiger partial charge is 0.224 e. The van der Waals surface area contributed by atoms with Crippen LogP contribution in [0.25, 0.3) is 0 Å². The van der Waals surface area contributed by atoms with E-state index in [9.17, 15) is 14.0 Å². The van der Waals surface area contributed by atoms with Crippen molar-refractivity contribution in [1.82, 2.24) is 0 Å². The molecule has 3 aromatic rings. The average Bonchev–Trinajstić information content (AvgIpc) is 3.06. The zero-order chi connectivity index (χ0) is 26.6. The molecular weight excluding hydrogens is 479 g/mol. The molecule has 1 N–H and O–H groups in total. The van der Waals surface area contributed by atoms with Gasteiger partial charge in [-0.3, -0.25) is 14.5 Å². The second kappa shape index (κ2) is 11.2. The average molecular weight is 513 g/mol. The largest absolute Gasteiger partial charge is 0.494 e. The quantitative estimate of drug-likeness (QED) is 0.337. The van der Waals surface area contributed by atoms with Crippen molar-refractivity contribution in [3.05, 3.63) is 101 Å². The van der Waals surface area contributed by atoms with Crippen LogP contribution in [0.2, 0.25) is 0 Å². The Kier molecular flexibility index (Phi) is 7.59. The summed E-state index contributed by atoms with van der Waals surface area (Å²) >= 11 is 0. The Bertz CT molecular complexity index is 1350. The fraction of sp³-hybridized carbons (Fsp3) is 0.312. The van der Waals surface area contributed by atoms with Gasteiger partial charge in [-0.25, -0.2) is 4.39 Å². The van der Waals surface area contributed by atoms with E-state index in [1.807, 2.05) is 48.5 Å². The molecule has 6 heteroatoms. The maximum Gasteiger partial charge on any atom is 0.224 e. The number of halogens is 1. The maximum atomic E-state index is 13.9. The molecule has 5 nitrogen and oxygen atoms in total. The molecule has 0 bridgehead atoms. The molecule has 0 aromatic heterocycles. The Morgan fingerprint density at radius 3 is 2.39 bits per heavy atom. The number of ether oxygens (including phenoxy) is 1. The highest BCUT2D eigenvalue weighted by molar-refractivity contribution is 6.06. The lowest BCUT2D eigenvalue weighted by Crippen LogP contribution is -2.37. The second-order valence-corrected chi connectivity index (χ2v) is 10.0. The summed E-state index contributed by atoms with van der Waals surface area (Å²) < 4.78 is 19.5. The van der Waals surface area contributed by atoms with Crippen molar-refractivity contribution in [2.24, 2.45) is 0 Å². The summed E-state index contributed by atoms with van der Waals surface area (Å²) in [7, 11) is 0. The molecule has 0 saturated heterocycles. The van der Waals surface area contributed by atoms with Crippen LogP contribution in [0.3, 0.4) is 0 Å². The number of carbonyl (C=O) groups is 2. The number of carbonyl (C=O) groups excluding carboxylic acids is 2. The summed E-state index contributed by atoms with van der Waals surface area (Å²) in [6.07, 6.45) is 4.14. The molecule has 1 aliphatic heterocycles. The number of hydrogen-bond acceptors (Lipinski definition) is 4. The molecule has 196 valence electrons. The highest BCUT2D eigenvalue weighted by Crippen LogP contribution is 2.47. The van der Waals surface area contributed by atoms with Gasteiger partial charge in [-0.15, -0.1) is 0 Å². The third-order valence-electron chi connectivity index (χ3n) is 7.38. The first kappa shape index (κ1) is 25.7. The van der Waals surface area contributed by atoms with Crippen molar-refractivity contribution in [1.29, 1.82) is 0 Å². The predicted octanol–water partition coefficient (Wildman–Crippen LogP) is 7.32. The lowest BCUT2D eigenvalue weighted by molar-refractivity contribution is -0.117. The number of Topliss-reactive ketones (excluding diaryl/α,β-unsaturated/α-hetero) is 1. The molecule has 2 unspecified atom stereocenters. The molecule has 3 aromatic carbocycles. The minimum atomic E-state index is -0.575. The maximum absolute atomic E-state index is 13.9. The van der Waals surface area contributed by atoms with Crippen molar-refractivity contribution in [2.45, 2.75) is 57.9 Å². The van der Waals surface area contributed by atoms with E-state index in [1.165, 1.54) is 19.1 Å². The number of rotatable bonds is 7. The van der Waals surface area contributed by atoms with Crippen LogP contribution in [-0.2, 0) is 9.59 Å². The Labute approximate surface area is 223 Å². The van der Waals surface area contributed by atoms with Crippen molar-refractivity contribution < 1.29 is 18.7 Å². The highest BCUT2D eigenvalue weighted by Gasteiger charge is 2.40. The summed E-state index contributed by atoms with van der Waals surface area (Å²) in [5.41, 5.74) is 4.69. The minimum Gasteiger partial charge on any atom is -0.494 e. The molecule has 5 rings (SSSR count). The van der Waals surface area contributed by atoms with Gasteiger partial charge in [-0.05, 0) is 66.3 Å². The van der Waals surface area contributed by atoms with Crippen molar-refractivity contribution >= 4 is 23.1 Å². The van der Waals surface area contributed by atoms with Crippen molar-refractivity contribution in [3.63, 3.8) is 0 Å². The number of fused-ring (bicyclic) bond motifs is 1. The monoisotopic (exact) mass is 512 g/mol. The highest BCUT2D eigenvalue weighted by atomic mass is 19.1. The Morgan fingerprint density at radius 1 is 0.974 bits per heavy atom. The first-order valence-corrected chi connectivity index (χ1v) is 13.4. The Hall–Kier alpha value is -3.93. The number of ketones is 1. The van der Waals surface area contributed by atoms with Crippen LogP contribution >= 0.6 is 0 Å². The molecule has 0 spiro atoms. The number of hydrogen-bond donors (Lipinski definition) is 1. The summed E-state index contributed by atoms with van der Waals surface area (Å²) in [4.78, 5) is 28.8. The molecule has 2 atom stereocenters. The fourth-order valence-electron chi connectivity index (χ4n) is 5.51. The summed E-state index contributed by atoms with van der Waals surface area (Å²) in [6, 6.07) is 21.2. The summed E-state index contributed by atoms with van der Waals surface area (Å²) in [6.45, 7) is 4.36. The van der Waals surface area contributed by atoms with E-state index in [0.717, 1.165) is 53.2 Å². The van der Waals surface area contributed by atoms with E-state index >= 15 is 0 Å². The first-order valence-electron chi connectivity index (χ1n) is 13.4. The molecule has 0 radical (unpaired) electrons. The van der Waals surface area contributed by atoms with Gasteiger partial charge in [0.2, 0.25) is 5.91 Å². The van der Waals surface area contributed by atoms with Gasteiger partial charge in [0, 0.05) is 24.6 Å². The molecular formula is C32H33FN2O3. The van der Waals surface area contributed by atoms with Gasteiger partial charge < -0.3 is 10.1 Å². The zero-order valence-electron chi connectivity index (χ0n) is 21.9. The van der Waals surface area contributed by atoms with Gasteiger partial charge >= 0.3 is 0 Å². The number of amides is 1. The van der Waals surface area contributed by atoms with Crippen LogP contribution in [-0.4, -0.2) is 18.3 Å². The molecule has 1 aliphatic carbocycles. The molecule has 1 heterocycles. The molecule has 0 saturated carbocycles. The molecule has 1 amide bonds. The molecule has 38 heavy (non-hydrogen) atoms.